The molecule has 0 saturated carbocycles. The molecule has 3 rings (SSSR count). The Bertz CT molecular complexity index is 777. The van der Waals surface area contributed by atoms with Crippen molar-refractivity contribution in [1.82, 2.24) is 0 Å². The summed E-state index contributed by atoms with van der Waals surface area (Å²) in [6.07, 6.45) is 1.95. The van der Waals surface area contributed by atoms with E-state index in [1.54, 1.807) is 21.3 Å². The number of aryl methyl sites for hydroxylation is 1. The highest BCUT2D eigenvalue weighted by molar-refractivity contribution is 5.96. The number of methoxy groups -OCH3 is 3. The number of amides is 1. The summed E-state index contributed by atoms with van der Waals surface area (Å²) in [6.45, 7) is 2.09. The number of fused-ring (bicyclic) bond motifs is 1. The summed E-state index contributed by atoms with van der Waals surface area (Å²) >= 11 is 0. The van der Waals surface area contributed by atoms with Crippen molar-refractivity contribution >= 4 is 11.6 Å². The van der Waals surface area contributed by atoms with Gasteiger partial charge in [0.25, 0.3) is 0 Å². The first-order valence-corrected chi connectivity index (χ1v) is 8.77. The SMILES string of the molecule is COc1cc(CCC(=O)N2c3ccccc3CC2C)cc(OC)c1OC. The zero-order chi connectivity index (χ0) is 18.7. The molecular weight excluding hydrogens is 330 g/mol. The first-order chi connectivity index (χ1) is 12.6. The molecule has 2 aromatic rings. The summed E-state index contributed by atoms with van der Waals surface area (Å²) < 4.78 is 16.1. The largest absolute Gasteiger partial charge is 0.493 e. The molecule has 0 aromatic heterocycles. The number of ether oxygens (including phenoxy) is 3. The predicted octanol–water partition coefficient (Wildman–Crippen LogP) is 3.62. The Kier molecular flexibility index (Phi) is 5.35. The van der Waals surface area contributed by atoms with Crippen molar-refractivity contribution in [1.29, 1.82) is 0 Å². The van der Waals surface area contributed by atoms with Gasteiger partial charge in [-0.1, -0.05) is 18.2 Å². The molecular formula is C21H25NO4. The Morgan fingerprint density at radius 3 is 2.35 bits per heavy atom. The second kappa shape index (κ2) is 7.68. The van der Waals surface area contributed by atoms with Crippen molar-refractivity contribution < 1.29 is 19.0 Å². The van der Waals surface area contributed by atoms with Gasteiger partial charge in [0, 0.05) is 18.2 Å². The van der Waals surface area contributed by atoms with E-state index < -0.39 is 0 Å². The van der Waals surface area contributed by atoms with E-state index >= 15 is 0 Å². The van der Waals surface area contributed by atoms with E-state index in [9.17, 15) is 4.79 Å². The van der Waals surface area contributed by atoms with Crippen LogP contribution in [0.4, 0.5) is 5.69 Å². The number of anilines is 1. The maximum absolute atomic E-state index is 12.9. The van der Waals surface area contributed by atoms with Gasteiger partial charge in [-0.3, -0.25) is 4.79 Å². The summed E-state index contributed by atoms with van der Waals surface area (Å²) in [6, 6.07) is 12.1. The summed E-state index contributed by atoms with van der Waals surface area (Å²) in [5.41, 5.74) is 3.25. The average molecular weight is 355 g/mol. The molecule has 0 aliphatic carbocycles. The maximum Gasteiger partial charge on any atom is 0.227 e. The number of rotatable bonds is 6. The van der Waals surface area contributed by atoms with E-state index in [0.717, 1.165) is 17.7 Å². The molecule has 0 fully saturated rings. The lowest BCUT2D eigenvalue weighted by Crippen LogP contribution is -2.35. The summed E-state index contributed by atoms with van der Waals surface area (Å²) in [7, 11) is 4.76. The van der Waals surface area contributed by atoms with Crippen LogP contribution in [0.25, 0.3) is 0 Å². The monoisotopic (exact) mass is 355 g/mol. The van der Waals surface area contributed by atoms with Crippen LogP contribution in [0.1, 0.15) is 24.5 Å². The molecule has 1 amide bonds. The second-order valence-corrected chi connectivity index (χ2v) is 6.48. The van der Waals surface area contributed by atoms with Crippen LogP contribution in [-0.4, -0.2) is 33.3 Å². The number of carbonyl (C=O) groups excluding carboxylic acids is 1. The molecule has 138 valence electrons. The van der Waals surface area contributed by atoms with Gasteiger partial charge < -0.3 is 19.1 Å². The minimum atomic E-state index is 0.135. The van der Waals surface area contributed by atoms with E-state index in [-0.39, 0.29) is 11.9 Å². The summed E-state index contributed by atoms with van der Waals surface area (Å²) in [5, 5.41) is 0. The summed E-state index contributed by atoms with van der Waals surface area (Å²) in [4.78, 5) is 14.8. The quantitative estimate of drug-likeness (QED) is 0.794. The molecule has 1 atom stereocenters. The normalized spacial score (nSPS) is 15.5. The van der Waals surface area contributed by atoms with Gasteiger partial charge in [0.05, 0.1) is 21.3 Å². The van der Waals surface area contributed by atoms with Gasteiger partial charge in [0.2, 0.25) is 11.7 Å². The lowest BCUT2D eigenvalue weighted by molar-refractivity contribution is -0.118. The van der Waals surface area contributed by atoms with E-state index in [1.807, 2.05) is 35.2 Å². The van der Waals surface area contributed by atoms with Gasteiger partial charge in [-0.15, -0.1) is 0 Å². The molecule has 0 spiro atoms. The highest BCUT2D eigenvalue weighted by atomic mass is 16.5. The van der Waals surface area contributed by atoms with Crippen LogP contribution in [0.15, 0.2) is 36.4 Å². The smallest absolute Gasteiger partial charge is 0.227 e. The Morgan fingerprint density at radius 1 is 1.08 bits per heavy atom. The summed E-state index contributed by atoms with van der Waals surface area (Å²) in [5.74, 6) is 1.91. The van der Waals surface area contributed by atoms with Gasteiger partial charge >= 0.3 is 0 Å². The van der Waals surface area contributed by atoms with Crippen LogP contribution in [0.2, 0.25) is 0 Å². The number of benzene rings is 2. The second-order valence-electron chi connectivity index (χ2n) is 6.48. The van der Waals surface area contributed by atoms with Crippen molar-refractivity contribution in [3.63, 3.8) is 0 Å². The van der Waals surface area contributed by atoms with Gasteiger partial charge in [-0.05, 0) is 49.1 Å². The van der Waals surface area contributed by atoms with Crippen molar-refractivity contribution in [2.24, 2.45) is 0 Å². The topological polar surface area (TPSA) is 48.0 Å². The van der Waals surface area contributed by atoms with Gasteiger partial charge in [-0.25, -0.2) is 0 Å². The number of hydrogen-bond donors (Lipinski definition) is 0. The molecule has 5 heteroatoms. The van der Waals surface area contributed by atoms with E-state index in [4.69, 9.17) is 14.2 Å². The van der Waals surface area contributed by atoms with Crippen LogP contribution in [0.5, 0.6) is 17.2 Å². The third-order valence-corrected chi connectivity index (χ3v) is 4.83. The lowest BCUT2D eigenvalue weighted by atomic mass is 10.1. The first kappa shape index (κ1) is 18.1. The third kappa shape index (κ3) is 3.34. The number of para-hydroxylation sites is 1. The van der Waals surface area contributed by atoms with Gasteiger partial charge in [0.1, 0.15) is 0 Å². The molecule has 1 aliphatic rings. The fourth-order valence-corrected chi connectivity index (χ4v) is 3.60. The fourth-order valence-electron chi connectivity index (χ4n) is 3.60. The average Bonchev–Trinajstić information content (AvgIpc) is 3.00. The predicted molar refractivity (Wildman–Crippen MR) is 102 cm³/mol. The fraction of sp³-hybridized carbons (Fsp3) is 0.381. The highest BCUT2D eigenvalue weighted by Gasteiger charge is 2.30. The minimum absolute atomic E-state index is 0.135. The van der Waals surface area contributed by atoms with E-state index in [0.29, 0.717) is 30.1 Å². The molecule has 0 saturated heterocycles. The molecule has 1 unspecified atom stereocenters. The van der Waals surface area contributed by atoms with E-state index in [1.165, 1.54) is 5.56 Å². The molecule has 1 aliphatic heterocycles. The number of nitrogens with zero attached hydrogens (tertiary/aromatic N) is 1. The molecule has 5 nitrogen and oxygen atoms in total. The maximum atomic E-state index is 12.9. The zero-order valence-electron chi connectivity index (χ0n) is 15.7. The Morgan fingerprint density at radius 2 is 1.73 bits per heavy atom. The Hall–Kier alpha value is -2.69. The van der Waals surface area contributed by atoms with Crippen LogP contribution >= 0.6 is 0 Å². The Balaban J connectivity index is 1.76. The minimum Gasteiger partial charge on any atom is -0.493 e. The number of hydrogen-bond acceptors (Lipinski definition) is 4. The van der Waals surface area contributed by atoms with Crippen molar-refractivity contribution in [3.05, 3.63) is 47.5 Å². The molecule has 2 aromatic carbocycles. The molecule has 1 heterocycles. The van der Waals surface area contributed by atoms with Gasteiger partial charge in [-0.2, -0.15) is 0 Å². The van der Waals surface area contributed by atoms with E-state index in [2.05, 4.69) is 13.0 Å². The molecule has 0 bridgehead atoms. The standard InChI is InChI=1S/C21H25NO4/c1-14-11-16-7-5-6-8-17(16)22(14)20(23)10-9-15-12-18(24-2)21(26-4)19(13-15)25-3/h5-8,12-14H,9-11H2,1-4H3. The van der Waals surface area contributed by atoms with Crippen molar-refractivity contribution in [2.45, 2.75) is 32.2 Å². The van der Waals surface area contributed by atoms with Crippen molar-refractivity contribution in [2.75, 3.05) is 26.2 Å². The number of carbonyl (C=O) groups is 1. The molecule has 0 radical (unpaired) electrons. The third-order valence-electron chi connectivity index (χ3n) is 4.83. The van der Waals surface area contributed by atoms with Gasteiger partial charge in [0.15, 0.2) is 11.5 Å². The van der Waals surface area contributed by atoms with Crippen LogP contribution < -0.4 is 19.1 Å². The van der Waals surface area contributed by atoms with Crippen molar-refractivity contribution in [3.8, 4) is 17.2 Å². The molecule has 0 N–H and O–H groups in total. The lowest BCUT2D eigenvalue weighted by Gasteiger charge is -2.23. The first-order valence-electron chi connectivity index (χ1n) is 8.77. The Labute approximate surface area is 154 Å². The molecule has 26 heavy (non-hydrogen) atoms. The highest BCUT2D eigenvalue weighted by Crippen LogP contribution is 2.38. The van der Waals surface area contributed by atoms with Crippen LogP contribution in [0, 0.1) is 0 Å². The van der Waals surface area contributed by atoms with Crippen LogP contribution in [-0.2, 0) is 17.6 Å². The van der Waals surface area contributed by atoms with Crippen LogP contribution in [0.3, 0.4) is 0 Å². The zero-order valence-corrected chi connectivity index (χ0v) is 15.7.